The van der Waals surface area contributed by atoms with E-state index in [4.69, 9.17) is 10.5 Å². The first-order valence-electron chi connectivity index (χ1n) is 15.4. The third kappa shape index (κ3) is 6.09. The summed E-state index contributed by atoms with van der Waals surface area (Å²) in [6.07, 6.45) is 6.92. The molecular formula is C35H33N9O3. The van der Waals surface area contributed by atoms with Crippen LogP contribution in [0.1, 0.15) is 40.1 Å². The molecule has 5 heterocycles. The molecule has 0 spiro atoms. The van der Waals surface area contributed by atoms with E-state index in [0.717, 1.165) is 45.0 Å². The number of carbonyl (C=O) groups excluding carboxylic acids is 1. The van der Waals surface area contributed by atoms with Crippen molar-refractivity contribution in [3.05, 3.63) is 118 Å². The maximum absolute atomic E-state index is 14.4. The van der Waals surface area contributed by atoms with Crippen molar-refractivity contribution < 1.29 is 9.53 Å². The van der Waals surface area contributed by atoms with E-state index in [1.165, 1.54) is 4.52 Å². The van der Waals surface area contributed by atoms with Gasteiger partial charge in [0.2, 0.25) is 0 Å². The minimum absolute atomic E-state index is 0.0678. The van der Waals surface area contributed by atoms with E-state index >= 15 is 0 Å². The SMILES string of the molecule is CC(NC(=O)c1c(N)nn2cccnc12)c1cc2cccc(C#Cc3cnn(CCN4CCOCC4)c3)c2c(=O)n1-c1ccccc1. The molecule has 12 heteroatoms. The number of hydrogen-bond acceptors (Lipinski definition) is 8. The molecule has 12 nitrogen and oxygen atoms in total. The predicted octanol–water partition coefficient (Wildman–Crippen LogP) is 3.04. The zero-order chi connectivity index (χ0) is 32.3. The number of rotatable bonds is 7. The Kier molecular flexibility index (Phi) is 8.22. The van der Waals surface area contributed by atoms with Crippen LogP contribution < -0.4 is 16.6 Å². The first-order valence-corrected chi connectivity index (χ1v) is 15.4. The largest absolute Gasteiger partial charge is 0.381 e. The van der Waals surface area contributed by atoms with Crippen LogP contribution in [0.3, 0.4) is 0 Å². The molecule has 6 aromatic rings. The summed E-state index contributed by atoms with van der Waals surface area (Å²) in [5, 5.41) is 12.9. The smallest absolute Gasteiger partial charge is 0.264 e. The first-order chi connectivity index (χ1) is 23.0. The molecule has 0 bridgehead atoms. The molecule has 0 saturated carbocycles. The van der Waals surface area contributed by atoms with Gasteiger partial charge in [0, 0.05) is 55.2 Å². The second-order valence-electron chi connectivity index (χ2n) is 11.4. The fraction of sp³-hybridized carbons (Fsp3) is 0.229. The summed E-state index contributed by atoms with van der Waals surface area (Å²) >= 11 is 0. The van der Waals surface area contributed by atoms with Crippen molar-refractivity contribution in [3.8, 4) is 17.5 Å². The number of morpholine rings is 1. The van der Waals surface area contributed by atoms with Gasteiger partial charge in [-0.05, 0) is 42.6 Å². The molecule has 1 unspecified atom stereocenters. The molecule has 1 atom stereocenters. The maximum Gasteiger partial charge on any atom is 0.264 e. The van der Waals surface area contributed by atoms with Gasteiger partial charge < -0.3 is 15.8 Å². The highest BCUT2D eigenvalue weighted by Crippen LogP contribution is 2.24. The highest BCUT2D eigenvalue weighted by atomic mass is 16.5. The summed E-state index contributed by atoms with van der Waals surface area (Å²) in [5.74, 6) is 6.04. The van der Waals surface area contributed by atoms with Crippen molar-refractivity contribution in [2.45, 2.75) is 19.5 Å². The van der Waals surface area contributed by atoms with Crippen LogP contribution in [-0.2, 0) is 11.3 Å². The molecule has 0 aliphatic carbocycles. The van der Waals surface area contributed by atoms with Gasteiger partial charge >= 0.3 is 0 Å². The second-order valence-corrected chi connectivity index (χ2v) is 11.4. The summed E-state index contributed by atoms with van der Waals surface area (Å²) in [4.78, 5) is 34.5. The molecule has 0 radical (unpaired) electrons. The lowest BCUT2D eigenvalue weighted by Gasteiger charge is -2.26. The summed E-state index contributed by atoms with van der Waals surface area (Å²) in [7, 11) is 0. The molecule has 1 fully saturated rings. The van der Waals surface area contributed by atoms with E-state index < -0.39 is 11.9 Å². The Balaban J connectivity index is 1.22. The Hall–Kier alpha value is -5.77. The van der Waals surface area contributed by atoms with E-state index in [0.29, 0.717) is 33.4 Å². The Labute approximate surface area is 270 Å². The van der Waals surface area contributed by atoms with Gasteiger partial charge in [-0.25, -0.2) is 9.50 Å². The minimum atomic E-state index is -0.587. The van der Waals surface area contributed by atoms with E-state index in [1.54, 1.807) is 29.2 Å². The highest BCUT2D eigenvalue weighted by molar-refractivity contribution is 6.04. The van der Waals surface area contributed by atoms with Crippen LogP contribution in [0.5, 0.6) is 0 Å². The molecule has 4 aromatic heterocycles. The molecule has 1 aliphatic rings. The Morgan fingerprint density at radius 2 is 1.89 bits per heavy atom. The molecule has 1 amide bonds. The van der Waals surface area contributed by atoms with Crippen molar-refractivity contribution >= 4 is 28.1 Å². The van der Waals surface area contributed by atoms with E-state index in [2.05, 4.69) is 37.2 Å². The fourth-order valence-electron chi connectivity index (χ4n) is 5.87. The van der Waals surface area contributed by atoms with Crippen molar-refractivity contribution in [2.24, 2.45) is 0 Å². The van der Waals surface area contributed by atoms with Crippen molar-refractivity contribution in [2.75, 3.05) is 38.6 Å². The lowest BCUT2D eigenvalue weighted by molar-refractivity contribution is 0.0359. The number of anilines is 1. The van der Waals surface area contributed by atoms with Crippen molar-refractivity contribution in [3.63, 3.8) is 0 Å². The number of nitrogens with zero attached hydrogens (tertiary/aromatic N) is 7. The van der Waals surface area contributed by atoms with Crippen molar-refractivity contribution in [1.29, 1.82) is 0 Å². The Bertz CT molecular complexity index is 2200. The number of pyridine rings is 1. The zero-order valence-electron chi connectivity index (χ0n) is 25.8. The number of nitrogens with one attached hydrogen (secondary N) is 1. The quantitative estimate of drug-likeness (QED) is 0.258. The second kappa shape index (κ2) is 12.9. The van der Waals surface area contributed by atoms with Gasteiger partial charge in [0.25, 0.3) is 11.5 Å². The van der Waals surface area contributed by atoms with Crippen LogP contribution in [0.2, 0.25) is 0 Å². The molecule has 3 N–H and O–H groups in total. The third-order valence-electron chi connectivity index (χ3n) is 8.25. The number of hydrogen-bond donors (Lipinski definition) is 2. The number of nitrogens with two attached hydrogens (primary N) is 1. The number of carbonyl (C=O) groups is 1. The molecule has 1 saturated heterocycles. The van der Waals surface area contributed by atoms with Crippen molar-refractivity contribution in [1.82, 2.24) is 39.2 Å². The zero-order valence-corrected chi connectivity index (χ0v) is 25.8. The predicted molar refractivity (Wildman–Crippen MR) is 178 cm³/mol. The summed E-state index contributed by atoms with van der Waals surface area (Å²) < 4.78 is 10.4. The van der Waals surface area contributed by atoms with Crippen LogP contribution in [0, 0.1) is 11.8 Å². The normalized spacial score (nSPS) is 14.1. The summed E-state index contributed by atoms with van der Waals surface area (Å²) in [6, 6.07) is 18.0. The maximum atomic E-state index is 14.4. The lowest BCUT2D eigenvalue weighted by Crippen LogP contribution is -2.38. The first kappa shape index (κ1) is 29.9. The lowest BCUT2D eigenvalue weighted by atomic mass is 10.0. The molecule has 7 rings (SSSR count). The standard InChI is InChI=1S/C35H33N9O3/c1-24(39-34(45)31-32(36)40-43-14-6-13-37-33(31)43)29-21-27-8-5-7-26(30(27)35(46)44(29)28-9-3-2-4-10-28)12-11-25-22-38-42(23-25)16-15-41-17-19-47-20-18-41/h2-10,13-14,21-24H,15-20H2,1H3,(H2,36,40)(H,39,45). The molecule has 236 valence electrons. The molecule has 47 heavy (non-hydrogen) atoms. The molecular weight excluding hydrogens is 594 g/mol. The van der Waals surface area contributed by atoms with Gasteiger partial charge in [0.05, 0.1) is 42.9 Å². The van der Waals surface area contributed by atoms with Crippen LogP contribution in [0.25, 0.3) is 22.1 Å². The number of benzene rings is 2. The topological polar surface area (TPSA) is 138 Å². The number of fused-ring (bicyclic) bond motifs is 2. The number of para-hydroxylation sites is 1. The van der Waals surface area contributed by atoms with E-state index in [9.17, 15) is 9.59 Å². The van der Waals surface area contributed by atoms with Crippen LogP contribution >= 0.6 is 0 Å². The number of ether oxygens (including phenoxy) is 1. The number of aromatic nitrogens is 6. The van der Waals surface area contributed by atoms with Gasteiger partial charge in [-0.2, -0.15) is 5.10 Å². The Morgan fingerprint density at radius 1 is 1.06 bits per heavy atom. The van der Waals surface area contributed by atoms with Crippen LogP contribution in [-0.4, -0.2) is 72.6 Å². The molecule has 2 aromatic carbocycles. The summed E-state index contributed by atoms with van der Waals surface area (Å²) in [6.45, 7) is 6.86. The minimum Gasteiger partial charge on any atom is -0.381 e. The fourth-order valence-corrected chi connectivity index (χ4v) is 5.87. The highest BCUT2D eigenvalue weighted by Gasteiger charge is 2.24. The number of amides is 1. The van der Waals surface area contributed by atoms with Gasteiger partial charge in [0.1, 0.15) is 5.56 Å². The summed E-state index contributed by atoms with van der Waals surface area (Å²) in [5.41, 5.74) is 9.02. The van der Waals surface area contributed by atoms with Gasteiger partial charge in [-0.15, -0.1) is 5.10 Å². The average Bonchev–Trinajstić information content (AvgIpc) is 3.70. The van der Waals surface area contributed by atoms with Crippen LogP contribution in [0.4, 0.5) is 5.82 Å². The van der Waals surface area contributed by atoms with Gasteiger partial charge in [-0.1, -0.05) is 42.2 Å². The molecule has 1 aliphatic heterocycles. The third-order valence-corrected chi connectivity index (χ3v) is 8.25. The van der Waals surface area contributed by atoms with E-state index in [-0.39, 0.29) is 16.9 Å². The monoisotopic (exact) mass is 627 g/mol. The Morgan fingerprint density at radius 3 is 2.72 bits per heavy atom. The van der Waals surface area contributed by atoms with Crippen LogP contribution in [0.15, 0.2) is 90.2 Å². The van der Waals surface area contributed by atoms with Gasteiger partial charge in [0.15, 0.2) is 11.5 Å². The number of nitrogen functional groups attached to an aromatic ring is 1. The average molecular weight is 628 g/mol. The van der Waals surface area contributed by atoms with E-state index in [1.807, 2.05) is 72.4 Å². The van der Waals surface area contributed by atoms with Gasteiger partial charge in [-0.3, -0.25) is 23.7 Å².